The molecule has 2 aromatic rings. The van der Waals surface area contributed by atoms with E-state index in [1.807, 2.05) is 0 Å². The van der Waals surface area contributed by atoms with Crippen LogP contribution in [0.2, 0.25) is 0 Å². The Balaban J connectivity index is 2.44. The van der Waals surface area contributed by atoms with Gasteiger partial charge >= 0.3 is 0 Å². The van der Waals surface area contributed by atoms with Gasteiger partial charge in [-0.15, -0.1) is 0 Å². The van der Waals surface area contributed by atoms with Crippen LogP contribution in [-0.4, -0.2) is 19.6 Å². The van der Waals surface area contributed by atoms with Crippen molar-refractivity contribution in [3.63, 3.8) is 0 Å². The van der Waals surface area contributed by atoms with E-state index in [9.17, 15) is 4.79 Å². The number of rotatable bonds is 1. The number of fused-ring (bicyclic) bond motifs is 1. The Labute approximate surface area is 78.0 Å². The van der Waals surface area contributed by atoms with Crippen LogP contribution in [0.5, 0.6) is 0 Å². The predicted octanol–water partition coefficient (Wildman–Crippen LogP) is 0.900. The van der Waals surface area contributed by atoms with Crippen molar-refractivity contribution >= 4 is 22.6 Å². The van der Waals surface area contributed by atoms with Crippen LogP contribution in [0.1, 0.15) is 0 Å². The van der Waals surface area contributed by atoms with E-state index < -0.39 is 5.24 Å². The monoisotopic (exact) mass is 194 g/mol. The van der Waals surface area contributed by atoms with Gasteiger partial charge in [0, 0.05) is 18.6 Å². The number of nitrogens with zero attached hydrogens (tertiary/aromatic N) is 3. The number of aromatic nitrogens is 3. The number of hydrogen-bond donors (Lipinski definition) is 1. The summed E-state index contributed by atoms with van der Waals surface area (Å²) in [5.74, 6) is 0. The van der Waals surface area contributed by atoms with E-state index >= 15 is 0 Å². The Hall–Kier alpha value is -1.56. The Bertz CT molecular complexity index is 419. The average Bonchev–Trinajstić information content (AvgIpc) is 2.44. The molecule has 2 heterocycles. The van der Waals surface area contributed by atoms with Crippen LogP contribution in [-0.2, 0) is 0 Å². The molecule has 0 radical (unpaired) electrons. The standard InChI is InChI=1S/C7H6N4OS/c8-7(12)13-6-4-11-2-1-9-3-5(11)10-6/h1-4H,(H2,8,12). The molecule has 5 nitrogen and oxygen atoms in total. The van der Waals surface area contributed by atoms with Gasteiger partial charge in [-0.25, -0.2) is 4.98 Å². The van der Waals surface area contributed by atoms with E-state index in [2.05, 4.69) is 9.97 Å². The molecule has 2 N–H and O–H groups in total. The molecule has 0 spiro atoms. The normalized spacial score (nSPS) is 10.5. The fraction of sp³-hybridized carbons (Fsp3) is 0. The minimum absolute atomic E-state index is 0.462. The van der Waals surface area contributed by atoms with Gasteiger partial charge in [-0.1, -0.05) is 0 Å². The van der Waals surface area contributed by atoms with Gasteiger partial charge in [-0.05, 0) is 11.8 Å². The number of imidazole rings is 1. The first-order valence-corrected chi connectivity index (χ1v) is 4.33. The van der Waals surface area contributed by atoms with Crippen molar-refractivity contribution in [2.45, 2.75) is 5.03 Å². The summed E-state index contributed by atoms with van der Waals surface area (Å²) in [6.45, 7) is 0. The zero-order valence-corrected chi connectivity index (χ0v) is 7.36. The SMILES string of the molecule is NC(=O)Sc1cn2ccncc2n1. The Morgan fingerprint density at radius 2 is 2.46 bits per heavy atom. The molecule has 0 aliphatic rings. The molecule has 0 saturated carbocycles. The smallest absolute Gasteiger partial charge is 0.282 e. The van der Waals surface area contributed by atoms with E-state index in [1.54, 1.807) is 29.2 Å². The van der Waals surface area contributed by atoms with E-state index in [0.717, 1.165) is 11.8 Å². The van der Waals surface area contributed by atoms with E-state index in [-0.39, 0.29) is 0 Å². The summed E-state index contributed by atoms with van der Waals surface area (Å²) in [5.41, 5.74) is 5.71. The maximum Gasteiger partial charge on any atom is 0.282 e. The van der Waals surface area contributed by atoms with Crippen molar-refractivity contribution in [3.05, 3.63) is 24.8 Å². The molecule has 0 aliphatic heterocycles. The number of primary amides is 1. The van der Waals surface area contributed by atoms with E-state index in [4.69, 9.17) is 5.73 Å². The summed E-state index contributed by atoms with van der Waals surface area (Å²) in [4.78, 5) is 18.6. The van der Waals surface area contributed by atoms with Gasteiger partial charge < -0.3 is 10.1 Å². The summed E-state index contributed by atoms with van der Waals surface area (Å²) in [5, 5.41) is 0.122. The van der Waals surface area contributed by atoms with Crippen LogP contribution in [0.3, 0.4) is 0 Å². The fourth-order valence-electron chi connectivity index (χ4n) is 0.972. The minimum Gasteiger partial charge on any atom is -0.360 e. The van der Waals surface area contributed by atoms with Crippen LogP contribution in [0.4, 0.5) is 4.79 Å². The highest BCUT2D eigenvalue weighted by Crippen LogP contribution is 2.16. The number of amides is 1. The number of hydrogen-bond acceptors (Lipinski definition) is 4. The third kappa shape index (κ3) is 1.62. The summed E-state index contributed by atoms with van der Waals surface area (Å²) in [6, 6.07) is 0. The van der Waals surface area contributed by atoms with Gasteiger partial charge in [-0.3, -0.25) is 9.78 Å². The molecule has 0 atom stereocenters. The summed E-state index contributed by atoms with van der Waals surface area (Å²) in [7, 11) is 0. The minimum atomic E-state index is -0.462. The second-order valence-corrected chi connectivity index (χ2v) is 3.37. The van der Waals surface area contributed by atoms with Crippen molar-refractivity contribution < 1.29 is 4.79 Å². The lowest BCUT2D eigenvalue weighted by atomic mass is 10.7. The quantitative estimate of drug-likeness (QED) is 0.684. The van der Waals surface area contributed by atoms with Crippen LogP contribution in [0.15, 0.2) is 29.8 Å². The van der Waals surface area contributed by atoms with Gasteiger partial charge in [0.25, 0.3) is 5.24 Å². The van der Waals surface area contributed by atoms with Gasteiger partial charge in [0.1, 0.15) is 5.03 Å². The number of carbonyl (C=O) groups excluding carboxylic acids is 1. The third-order valence-corrected chi connectivity index (χ3v) is 2.05. The Morgan fingerprint density at radius 1 is 1.62 bits per heavy atom. The Morgan fingerprint density at radius 3 is 3.15 bits per heavy atom. The van der Waals surface area contributed by atoms with Crippen LogP contribution in [0.25, 0.3) is 5.65 Å². The number of carbonyl (C=O) groups is 1. The van der Waals surface area contributed by atoms with Crippen LogP contribution >= 0.6 is 11.8 Å². The molecule has 1 amide bonds. The lowest BCUT2D eigenvalue weighted by Gasteiger charge is -1.86. The molecular weight excluding hydrogens is 188 g/mol. The first-order chi connectivity index (χ1) is 6.25. The first-order valence-electron chi connectivity index (χ1n) is 3.52. The molecule has 0 aliphatic carbocycles. The van der Waals surface area contributed by atoms with E-state index in [0.29, 0.717) is 10.7 Å². The van der Waals surface area contributed by atoms with Crippen molar-refractivity contribution in [2.75, 3.05) is 0 Å². The molecule has 2 aromatic heterocycles. The number of thioether (sulfide) groups is 1. The third-order valence-electron chi connectivity index (χ3n) is 1.45. The van der Waals surface area contributed by atoms with Gasteiger partial charge in [0.15, 0.2) is 5.65 Å². The molecule has 0 unspecified atom stereocenters. The number of nitrogens with two attached hydrogens (primary N) is 1. The summed E-state index contributed by atoms with van der Waals surface area (Å²) < 4.78 is 1.78. The molecule has 66 valence electrons. The molecule has 0 aromatic carbocycles. The Kier molecular flexibility index (Phi) is 1.90. The van der Waals surface area contributed by atoms with E-state index in [1.165, 1.54) is 0 Å². The molecular formula is C7H6N4OS. The average molecular weight is 194 g/mol. The topological polar surface area (TPSA) is 73.3 Å². The summed E-state index contributed by atoms with van der Waals surface area (Å²) in [6.07, 6.45) is 6.75. The predicted molar refractivity (Wildman–Crippen MR) is 48.4 cm³/mol. The lowest BCUT2D eigenvalue weighted by molar-refractivity contribution is 0.267. The van der Waals surface area contributed by atoms with Crippen molar-refractivity contribution in [1.29, 1.82) is 0 Å². The highest BCUT2D eigenvalue weighted by Gasteiger charge is 2.04. The van der Waals surface area contributed by atoms with Crippen molar-refractivity contribution in [1.82, 2.24) is 14.4 Å². The molecule has 0 bridgehead atoms. The molecule has 13 heavy (non-hydrogen) atoms. The maximum atomic E-state index is 10.6. The van der Waals surface area contributed by atoms with Gasteiger partial charge in [0.2, 0.25) is 0 Å². The second-order valence-electron chi connectivity index (χ2n) is 2.34. The van der Waals surface area contributed by atoms with Crippen molar-refractivity contribution in [2.24, 2.45) is 5.73 Å². The second kappa shape index (κ2) is 3.06. The highest BCUT2D eigenvalue weighted by atomic mass is 32.2. The lowest BCUT2D eigenvalue weighted by Crippen LogP contribution is -2.01. The molecule has 0 fully saturated rings. The zero-order chi connectivity index (χ0) is 9.26. The van der Waals surface area contributed by atoms with Gasteiger partial charge in [-0.2, -0.15) is 0 Å². The zero-order valence-electron chi connectivity index (χ0n) is 6.54. The maximum absolute atomic E-state index is 10.6. The van der Waals surface area contributed by atoms with Crippen molar-refractivity contribution in [3.8, 4) is 0 Å². The van der Waals surface area contributed by atoms with Crippen LogP contribution in [0, 0.1) is 0 Å². The molecule has 0 saturated heterocycles. The first kappa shape index (κ1) is 8.06. The van der Waals surface area contributed by atoms with Gasteiger partial charge in [0.05, 0.1) is 6.20 Å². The fourth-order valence-corrected chi connectivity index (χ4v) is 1.48. The largest absolute Gasteiger partial charge is 0.360 e. The highest BCUT2D eigenvalue weighted by molar-refractivity contribution is 8.13. The van der Waals surface area contributed by atoms with Crippen LogP contribution < -0.4 is 5.73 Å². The summed E-state index contributed by atoms with van der Waals surface area (Å²) >= 11 is 0.903. The molecule has 2 rings (SSSR count). The molecule has 6 heteroatoms.